The van der Waals surface area contributed by atoms with Crippen LogP contribution in [0.25, 0.3) is 0 Å². The van der Waals surface area contributed by atoms with Crippen LogP contribution in [0.5, 0.6) is 0 Å². The first kappa shape index (κ1) is 13.1. The fourth-order valence-corrected chi connectivity index (χ4v) is 2.64. The van der Waals surface area contributed by atoms with Crippen molar-refractivity contribution in [1.29, 1.82) is 0 Å². The Morgan fingerprint density at radius 2 is 2.06 bits per heavy atom. The highest BCUT2D eigenvalue weighted by Gasteiger charge is 2.31. The number of carbonyl (C=O) groups is 1. The van der Waals surface area contributed by atoms with Gasteiger partial charge in [-0.3, -0.25) is 4.79 Å². The van der Waals surface area contributed by atoms with Crippen LogP contribution in [0.15, 0.2) is 24.3 Å². The van der Waals surface area contributed by atoms with Crippen molar-refractivity contribution in [3.8, 4) is 0 Å². The maximum Gasteiger partial charge on any atom is 0.254 e. The molecule has 0 bridgehead atoms. The Bertz CT molecular complexity index is 413. The van der Waals surface area contributed by atoms with Gasteiger partial charge in [-0.15, -0.1) is 0 Å². The monoisotopic (exact) mass is 246 g/mol. The molecule has 2 rings (SSSR count). The number of benzene rings is 1. The van der Waals surface area contributed by atoms with E-state index in [2.05, 4.69) is 13.8 Å². The molecule has 0 spiro atoms. The zero-order chi connectivity index (χ0) is 13.1. The van der Waals surface area contributed by atoms with Crippen molar-refractivity contribution >= 4 is 5.91 Å². The van der Waals surface area contributed by atoms with Crippen LogP contribution in [-0.4, -0.2) is 29.9 Å². The van der Waals surface area contributed by atoms with Gasteiger partial charge < -0.3 is 10.6 Å². The first-order valence-corrected chi connectivity index (χ1v) is 6.75. The second-order valence-corrected chi connectivity index (χ2v) is 5.19. The van der Waals surface area contributed by atoms with E-state index < -0.39 is 0 Å². The Kier molecular flexibility index (Phi) is 4.02. The molecular weight excluding hydrogens is 224 g/mol. The average Bonchev–Trinajstić information content (AvgIpc) is 2.79. The van der Waals surface area contributed by atoms with Gasteiger partial charge >= 0.3 is 0 Å². The molecule has 0 aliphatic carbocycles. The summed E-state index contributed by atoms with van der Waals surface area (Å²) in [4.78, 5) is 14.4. The zero-order valence-electron chi connectivity index (χ0n) is 11.2. The molecule has 1 fully saturated rings. The predicted molar refractivity (Wildman–Crippen MR) is 73.5 cm³/mol. The minimum absolute atomic E-state index is 0.140. The molecule has 1 saturated heterocycles. The molecule has 0 aromatic heterocycles. The Morgan fingerprint density at radius 1 is 1.39 bits per heavy atom. The molecule has 2 N–H and O–H groups in total. The number of rotatable bonds is 3. The Balaban J connectivity index is 2.11. The van der Waals surface area contributed by atoms with Crippen LogP contribution in [0.3, 0.4) is 0 Å². The minimum atomic E-state index is 0.140. The van der Waals surface area contributed by atoms with E-state index >= 15 is 0 Å². The highest BCUT2D eigenvalue weighted by atomic mass is 16.2. The zero-order valence-corrected chi connectivity index (χ0v) is 11.2. The summed E-state index contributed by atoms with van der Waals surface area (Å²) in [6.45, 7) is 5.69. The van der Waals surface area contributed by atoms with Gasteiger partial charge in [0.1, 0.15) is 0 Å². The molecule has 2 atom stereocenters. The Labute approximate surface area is 109 Å². The van der Waals surface area contributed by atoms with Crippen molar-refractivity contribution < 1.29 is 4.79 Å². The molecule has 1 aromatic rings. The lowest BCUT2D eigenvalue weighted by molar-refractivity contribution is 0.0743. The number of nitrogens with zero attached hydrogens (tertiary/aromatic N) is 1. The van der Waals surface area contributed by atoms with Crippen LogP contribution in [-0.2, 0) is 6.42 Å². The van der Waals surface area contributed by atoms with E-state index in [4.69, 9.17) is 5.73 Å². The smallest absolute Gasteiger partial charge is 0.254 e. The third kappa shape index (κ3) is 2.56. The van der Waals surface area contributed by atoms with E-state index in [9.17, 15) is 4.79 Å². The quantitative estimate of drug-likeness (QED) is 0.887. The van der Waals surface area contributed by atoms with Crippen molar-refractivity contribution in [2.45, 2.75) is 32.7 Å². The molecule has 1 aliphatic rings. The van der Waals surface area contributed by atoms with Crippen molar-refractivity contribution in [2.24, 2.45) is 11.7 Å². The fourth-order valence-electron chi connectivity index (χ4n) is 2.64. The number of nitrogens with two attached hydrogens (primary N) is 1. The van der Waals surface area contributed by atoms with Gasteiger partial charge in [0.25, 0.3) is 5.91 Å². The van der Waals surface area contributed by atoms with Gasteiger partial charge in [0, 0.05) is 18.2 Å². The van der Waals surface area contributed by atoms with Crippen LogP contribution in [0, 0.1) is 5.92 Å². The summed E-state index contributed by atoms with van der Waals surface area (Å²) < 4.78 is 0. The number of hydrogen-bond acceptors (Lipinski definition) is 2. The lowest BCUT2D eigenvalue weighted by atomic mass is 10.1. The SMILES string of the molecule is CCc1ccc(C(=O)N2CC(CN)CC2C)cc1. The summed E-state index contributed by atoms with van der Waals surface area (Å²) in [5.41, 5.74) is 7.75. The summed E-state index contributed by atoms with van der Waals surface area (Å²) in [5, 5.41) is 0. The molecule has 1 aliphatic heterocycles. The number of hydrogen-bond donors (Lipinski definition) is 1. The number of likely N-dealkylation sites (tertiary alicyclic amines) is 1. The van der Waals surface area contributed by atoms with Gasteiger partial charge in [0.15, 0.2) is 0 Å². The van der Waals surface area contributed by atoms with Crippen LogP contribution < -0.4 is 5.73 Å². The summed E-state index contributed by atoms with van der Waals surface area (Å²) in [5.74, 6) is 0.597. The van der Waals surface area contributed by atoms with E-state index in [1.165, 1.54) is 5.56 Å². The normalized spacial score (nSPS) is 23.4. The predicted octanol–water partition coefficient (Wildman–Crippen LogP) is 2.06. The van der Waals surface area contributed by atoms with Crippen LogP contribution >= 0.6 is 0 Å². The van der Waals surface area contributed by atoms with Crippen LogP contribution in [0.2, 0.25) is 0 Å². The highest BCUT2D eigenvalue weighted by Crippen LogP contribution is 2.24. The van der Waals surface area contributed by atoms with Crippen molar-refractivity contribution in [1.82, 2.24) is 4.90 Å². The maximum atomic E-state index is 12.4. The topological polar surface area (TPSA) is 46.3 Å². The van der Waals surface area contributed by atoms with E-state index in [1.807, 2.05) is 29.2 Å². The largest absolute Gasteiger partial charge is 0.336 e. The van der Waals surface area contributed by atoms with E-state index in [1.54, 1.807) is 0 Å². The summed E-state index contributed by atoms with van der Waals surface area (Å²) in [7, 11) is 0. The maximum absolute atomic E-state index is 12.4. The fraction of sp³-hybridized carbons (Fsp3) is 0.533. The van der Waals surface area contributed by atoms with Gasteiger partial charge in [-0.1, -0.05) is 19.1 Å². The number of amides is 1. The van der Waals surface area contributed by atoms with Gasteiger partial charge in [-0.05, 0) is 49.9 Å². The highest BCUT2D eigenvalue weighted by molar-refractivity contribution is 5.94. The molecule has 3 heteroatoms. The molecule has 2 unspecified atom stereocenters. The Morgan fingerprint density at radius 3 is 2.56 bits per heavy atom. The van der Waals surface area contributed by atoms with Crippen molar-refractivity contribution in [2.75, 3.05) is 13.1 Å². The first-order valence-electron chi connectivity index (χ1n) is 6.75. The minimum Gasteiger partial charge on any atom is -0.336 e. The summed E-state index contributed by atoms with van der Waals surface area (Å²) >= 11 is 0. The molecule has 1 aromatic carbocycles. The third-order valence-corrected chi connectivity index (χ3v) is 3.86. The summed E-state index contributed by atoms with van der Waals surface area (Å²) in [6.07, 6.45) is 2.03. The molecule has 0 radical (unpaired) electrons. The van der Waals surface area contributed by atoms with Gasteiger partial charge in [-0.25, -0.2) is 0 Å². The second kappa shape index (κ2) is 5.53. The molecule has 3 nitrogen and oxygen atoms in total. The molecule has 98 valence electrons. The molecule has 1 amide bonds. The molecule has 1 heterocycles. The van der Waals surface area contributed by atoms with Crippen molar-refractivity contribution in [3.63, 3.8) is 0 Å². The van der Waals surface area contributed by atoms with E-state index in [0.717, 1.165) is 24.9 Å². The molecule has 18 heavy (non-hydrogen) atoms. The Hall–Kier alpha value is -1.35. The average molecular weight is 246 g/mol. The molecule has 0 saturated carbocycles. The van der Waals surface area contributed by atoms with E-state index in [0.29, 0.717) is 18.5 Å². The number of carbonyl (C=O) groups excluding carboxylic acids is 1. The van der Waals surface area contributed by atoms with Gasteiger partial charge in [0.05, 0.1) is 0 Å². The lowest BCUT2D eigenvalue weighted by Crippen LogP contribution is -2.34. The van der Waals surface area contributed by atoms with Crippen molar-refractivity contribution in [3.05, 3.63) is 35.4 Å². The van der Waals surface area contributed by atoms with Crippen LogP contribution in [0.1, 0.15) is 36.2 Å². The third-order valence-electron chi connectivity index (χ3n) is 3.86. The van der Waals surface area contributed by atoms with Crippen LogP contribution in [0.4, 0.5) is 0 Å². The first-order chi connectivity index (χ1) is 8.65. The summed E-state index contributed by atoms with van der Waals surface area (Å²) in [6, 6.07) is 8.24. The lowest BCUT2D eigenvalue weighted by Gasteiger charge is -2.21. The number of aryl methyl sites for hydroxylation is 1. The second-order valence-electron chi connectivity index (χ2n) is 5.19. The van der Waals surface area contributed by atoms with Gasteiger partial charge in [0.2, 0.25) is 0 Å². The van der Waals surface area contributed by atoms with E-state index in [-0.39, 0.29) is 5.91 Å². The standard InChI is InChI=1S/C15H22N2O/c1-3-12-4-6-14(7-5-12)15(18)17-10-13(9-16)8-11(17)2/h4-7,11,13H,3,8-10,16H2,1-2H3. The van der Waals surface area contributed by atoms with Gasteiger partial charge in [-0.2, -0.15) is 0 Å². The molecular formula is C15H22N2O.